The van der Waals surface area contributed by atoms with Crippen molar-refractivity contribution in [2.45, 2.75) is 60.8 Å². The minimum Gasteiger partial charge on any atom is -0.0625 e. The predicted octanol–water partition coefficient (Wildman–Crippen LogP) is 4.99. The van der Waals surface area contributed by atoms with Gasteiger partial charge in [0.05, 0.1) is 0 Å². The van der Waals surface area contributed by atoms with Crippen LogP contribution in [0.25, 0.3) is 0 Å². The molecule has 0 aromatic heterocycles. The van der Waals surface area contributed by atoms with Crippen molar-refractivity contribution >= 4 is 0 Å². The van der Waals surface area contributed by atoms with Gasteiger partial charge in [-0.05, 0) is 60.2 Å². The van der Waals surface area contributed by atoms with Gasteiger partial charge in [-0.1, -0.05) is 41.5 Å². The fraction of sp³-hybridized carbons (Fsp3) is 1.00. The average molecular weight is 222 g/mol. The molecule has 0 spiro atoms. The summed E-state index contributed by atoms with van der Waals surface area (Å²) in [4.78, 5) is 0. The molecule has 0 amide bonds. The molecule has 16 heavy (non-hydrogen) atoms. The summed E-state index contributed by atoms with van der Waals surface area (Å²) in [5.74, 6) is 5.82. The van der Waals surface area contributed by atoms with Gasteiger partial charge in [0.2, 0.25) is 0 Å². The van der Waals surface area contributed by atoms with E-state index in [0.29, 0.717) is 5.41 Å². The largest absolute Gasteiger partial charge is 0.0625 e. The van der Waals surface area contributed by atoms with E-state index in [9.17, 15) is 0 Å². The summed E-state index contributed by atoms with van der Waals surface area (Å²) in [7, 11) is 0. The molecule has 2 aliphatic rings. The van der Waals surface area contributed by atoms with Crippen molar-refractivity contribution in [3.8, 4) is 0 Å². The summed E-state index contributed by atoms with van der Waals surface area (Å²) in [5, 5.41) is 0. The molecular weight excluding hydrogens is 192 g/mol. The lowest BCUT2D eigenvalue weighted by Crippen LogP contribution is -2.23. The van der Waals surface area contributed by atoms with Gasteiger partial charge in [0, 0.05) is 0 Å². The van der Waals surface area contributed by atoms with Gasteiger partial charge >= 0.3 is 0 Å². The van der Waals surface area contributed by atoms with E-state index in [0.717, 1.165) is 35.5 Å². The molecule has 0 aliphatic heterocycles. The minimum atomic E-state index is 0.687. The lowest BCUT2D eigenvalue weighted by atomic mass is 9.75. The average Bonchev–Trinajstić information content (AvgIpc) is 3.07. The topological polar surface area (TPSA) is 0 Å². The Hall–Kier alpha value is 0. The first-order chi connectivity index (χ1) is 7.36. The van der Waals surface area contributed by atoms with E-state index in [2.05, 4.69) is 41.5 Å². The zero-order chi connectivity index (χ0) is 12.1. The van der Waals surface area contributed by atoms with E-state index >= 15 is 0 Å². The fourth-order valence-electron chi connectivity index (χ4n) is 3.65. The highest BCUT2D eigenvalue weighted by atomic mass is 14.6. The molecule has 2 fully saturated rings. The van der Waals surface area contributed by atoms with Crippen LogP contribution in [0.1, 0.15) is 60.8 Å². The first kappa shape index (κ1) is 12.5. The van der Waals surface area contributed by atoms with Crippen LogP contribution in [0.2, 0.25) is 0 Å². The van der Waals surface area contributed by atoms with Crippen LogP contribution in [0.5, 0.6) is 0 Å². The molecule has 0 aromatic rings. The summed E-state index contributed by atoms with van der Waals surface area (Å²) in [6.45, 7) is 14.7. The highest BCUT2D eigenvalue weighted by Gasteiger charge is 2.56. The van der Waals surface area contributed by atoms with Gasteiger partial charge in [0.25, 0.3) is 0 Å². The van der Waals surface area contributed by atoms with E-state index in [4.69, 9.17) is 0 Å². The smallest absolute Gasteiger partial charge is 0.0266 e. The maximum absolute atomic E-state index is 2.55. The molecule has 94 valence electrons. The maximum atomic E-state index is 2.55. The zero-order valence-corrected chi connectivity index (χ0v) is 12.1. The summed E-state index contributed by atoms with van der Waals surface area (Å²) >= 11 is 0. The van der Waals surface area contributed by atoms with Crippen molar-refractivity contribution in [3.05, 3.63) is 0 Å². The molecule has 0 aromatic carbocycles. The van der Waals surface area contributed by atoms with Crippen molar-refractivity contribution < 1.29 is 0 Å². The molecule has 0 heteroatoms. The van der Waals surface area contributed by atoms with E-state index in [-0.39, 0.29) is 0 Å². The third-order valence-electron chi connectivity index (χ3n) is 6.20. The Morgan fingerprint density at radius 3 is 2.19 bits per heavy atom. The maximum Gasteiger partial charge on any atom is -0.0266 e. The molecule has 0 N–H and O–H groups in total. The molecule has 0 radical (unpaired) electrons. The Bertz CT molecular complexity index is 255. The molecule has 0 saturated heterocycles. The van der Waals surface area contributed by atoms with Crippen LogP contribution in [-0.2, 0) is 0 Å². The summed E-state index contributed by atoms with van der Waals surface area (Å²) in [6, 6.07) is 0. The molecule has 2 saturated carbocycles. The van der Waals surface area contributed by atoms with Gasteiger partial charge in [-0.25, -0.2) is 0 Å². The van der Waals surface area contributed by atoms with Crippen molar-refractivity contribution in [1.82, 2.24) is 0 Å². The lowest BCUT2D eigenvalue weighted by molar-refractivity contribution is 0.189. The Labute approximate surface area is 102 Å². The number of hydrogen-bond acceptors (Lipinski definition) is 0. The monoisotopic (exact) mass is 222 g/mol. The van der Waals surface area contributed by atoms with Gasteiger partial charge in [0.1, 0.15) is 0 Å². The lowest BCUT2D eigenvalue weighted by Gasteiger charge is -2.30. The highest BCUT2D eigenvalue weighted by Crippen LogP contribution is 2.64. The van der Waals surface area contributed by atoms with Crippen molar-refractivity contribution in [3.63, 3.8) is 0 Å². The SMILES string of the molecule is CC(C)C(C)C(C)C1(C)CC1CC1CC1C. The van der Waals surface area contributed by atoms with Crippen LogP contribution in [-0.4, -0.2) is 0 Å². The molecule has 0 heterocycles. The van der Waals surface area contributed by atoms with Gasteiger partial charge in [-0.15, -0.1) is 0 Å². The van der Waals surface area contributed by atoms with Crippen LogP contribution in [0, 0.1) is 40.9 Å². The Balaban J connectivity index is 1.85. The van der Waals surface area contributed by atoms with Gasteiger partial charge < -0.3 is 0 Å². The molecule has 0 nitrogen and oxygen atoms in total. The normalized spacial score (nSPS) is 45.6. The summed E-state index contributed by atoms with van der Waals surface area (Å²) in [6.07, 6.45) is 4.56. The molecule has 2 rings (SSSR count). The van der Waals surface area contributed by atoms with E-state index in [1.807, 2.05) is 0 Å². The van der Waals surface area contributed by atoms with Crippen molar-refractivity contribution in [2.24, 2.45) is 40.9 Å². The van der Waals surface area contributed by atoms with Gasteiger partial charge in [-0.3, -0.25) is 0 Å². The first-order valence-electron chi connectivity index (χ1n) is 7.36. The van der Waals surface area contributed by atoms with Crippen LogP contribution in [0.4, 0.5) is 0 Å². The predicted molar refractivity (Wildman–Crippen MR) is 71.3 cm³/mol. The second-order valence-corrected chi connectivity index (χ2v) is 7.51. The fourth-order valence-corrected chi connectivity index (χ4v) is 3.65. The second kappa shape index (κ2) is 4.03. The third kappa shape index (κ3) is 2.17. The van der Waals surface area contributed by atoms with E-state index < -0.39 is 0 Å². The van der Waals surface area contributed by atoms with E-state index in [1.165, 1.54) is 19.3 Å². The van der Waals surface area contributed by atoms with Gasteiger partial charge in [0.15, 0.2) is 0 Å². The molecule has 0 bridgehead atoms. The van der Waals surface area contributed by atoms with E-state index in [1.54, 1.807) is 0 Å². The molecule has 2 aliphatic carbocycles. The quantitative estimate of drug-likeness (QED) is 0.615. The van der Waals surface area contributed by atoms with Crippen LogP contribution < -0.4 is 0 Å². The van der Waals surface area contributed by atoms with Crippen molar-refractivity contribution in [2.75, 3.05) is 0 Å². The number of hydrogen-bond donors (Lipinski definition) is 0. The molecule has 6 atom stereocenters. The zero-order valence-electron chi connectivity index (χ0n) is 12.1. The van der Waals surface area contributed by atoms with Crippen LogP contribution >= 0.6 is 0 Å². The Kier molecular flexibility index (Phi) is 3.14. The van der Waals surface area contributed by atoms with Gasteiger partial charge in [-0.2, -0.15) is 0 Å². The number of rotatable bonds is 5. The van der Waals surface area contributed by atoms with Crippen LogP contribution in [0.3, 0.4) is 0 Å². The van der Waals surface area contributed by atoms with Crippen molar-refractivity contribution in [1.29, 1.82) is 0 Å². The first-order valence-corrected chi connectivity index (χ1v) is 7.36. The summed E-state index contributed by atoms with van der Waals surface area (Å²) in [5.41, 5.74) is 0.687. The Morgan fingerprint density at radius 2 is 1.75 bits per heavy atom. The molecular formula is C16H30. The summed E-state index contributed by atoms with van der Waals surface area (Å²) < 4.78 is 0. The van der Waals surface area contributed by atoms with Crippen LogP contribution in [0.15, 0.2) is 0 Å². The third-order valence-corrected chi connectivity index (χ3v) is 6.20. The second-order valence-electron chi connectivity index (χ2n) is 7.51. The highest BCUT2D eigenvalue weighted by molar-refractivity contribution is 5.05. The molecule has 6 unspecified atom stereocenters. The Morgan fingerprint density at radius 1 is 1.19 bits per heavy atom. The minimum absolute atomic E-state index is 0.687. The standard InChI is InChI=1S/C16H30/c1-10(2)12(4)13(5)16(6)9-15(16)8-14-7-11(14)3/h10-15H,7-9H2,1-6H3.